The number of carbonyl (C=O) groups is 1. The number of amides is 1. The van der Waals surface area contributed by atoms with Crippen LogP contribution in [0.15, 0.2) is 47.0 Å². The van der Waals surface area contributed by atoms with Crippen LogP contribution in [0.4, 0.5) is 0 Å². The molecule has 1 saturated carbocycles. The number of hydrogen-bond acceptors (Lipinski definition) is 5. The molecular formula is C25H27ClN2O4. The predicted octanol–water partition coefficient (Wildman–Crippen LogP) is 5.90. The van der Waals surface area contributed by atoms with Crippen molar-refractivity contribution < 1.29 is 18.8 Å². The molecule has 7 heteroatoms. The van der Waals surface area contributed by atoms with E-state index in [1.807, 2.05) is 43.0 Å². The highest BCUT2D eigenvalue weighted by atomic mass is 35.5. The highest BCUT2D eigenvalue weighted by Gasteiger charge is 2.37. The largest absolute Gasteiger partial charge is 0.493 e. The number of aromatic nitrogens is 1. The molecule has 1 fully saturated rings. The number of rotatable bonds is 8. The fourth-order valence-electron chi connectivity index (χ4n) is 3.84. The Morgan fingerprint density at radius 2 is 1.91 bits per heavy atom. The van der Waals surface area contributed by atoms with E-state index in [0.29, 0.717) is 28.7 Å². The van der Waals surface area contributed by atoms with Crippen molar-refractivity contribution in [3.63, 3.8) is 0 Å². The van der Waals surface area contributed by atoms with Gasteiger partial charge in [0.05, 0.1) is 24.4 Å². The van der Waals surface area contributed by atoms with E-state index < -0.39 is 0 Å². The van der Waals surface area contributed by atoms with Crippen LogP contribution in [0.3, 0.4) is 0 Å². The molecule has 1 aliphatic rings. The summed E-state index contributed by atoms with van der Waals surface area (Å²) in [4.78, 5) is 15.5. The molecule has 0 aliphatic heterocycles. The zero-order valence-electron chi connectivity index (χ0n) is 18.7. The van der Waals surface area contributed by atoms with Crippen molar-refractivity contribution in [1.29, 1.82) is 0 Å². The van der Waals surface area contributed by atoms with E-state index in [-0.39, 0.29) is 18.0 Å². The lowest BCUT2D eigenvalue weighted by Gasteiger charge is -2.30. The predicted molar refractivity (Wildman–Crippen MR) is 122 cm³/mol. The minimum Gasteiger partial charge on any atom is -0.493 e. The van der Waals surface area contributed by atoms with Crippen LogP contribution in [0.5, 0.6) is 11.5 Å². The molecule has 32 heavy (non-hydrogen) atoms. The molecule has 2 aromatic carbocycles. The third-order valence-electron chi connectivity index (χ3n) is 5.91. The second-order valence-corrected chi connectivity index (χ2v) is 8.56. The van der Waals surface area contributed by atoms with E-state index in [1.165, 1.54) is 0 Å². The van der Waals surface area contributed by atoms with Crippen molar-refractivity contribution in [3.8, 4) is 11.5 Å². The maximum absolute atomic E-state index is 13.5. The van der Waals surface area contributed by atoms with Crippen molar-refractivity contribution in [2.75, 3.05) is 7.11 Å². The number of nitrogens with zero attached hydrogens (tertiary/aromatic N) is 2. The Morgan fingerprint density at radius 1 is 1.19 bits per heavy atom. The minimum atomic E-state index is -0.0614. The Kier molecular flexibility index (Phi) is 6.42. The molecule has 1 amide bonds. The summed E-state index contributed by atoms with van der Waals surface area (Å²) in [6.45, 7) is 6.10. The third-order valence-corrected chi connectivity index (χ3v) is 6.16. The van der Waals surface area contributed by atoms with Gasteiger partial charge in [0.15, 0.2) is 11.5 Å². The molecule has 0 spiro atoms. The SMILES string of the molecule is COc1cc(C(=O)N(C2CC2)C(C)c2ccc(Cl)cc2)ccc1OCc1c(C)noc1C. The van der Waals surface area contributed by atoms with Crippen molar-refractivity contribution >= 4 is 17.5 Å². The quantitative estimate of drug-likeness (QED) is 0.424. The number of carbonyl (C=O) groups excluding carboxylic acids is 1. The lowest BCUT2D eigenvalue weighted by atomic mass is 10.0. The van der Waals surface area contributed by atoms with Gasteiger partial charge in [-0.05, 0) is 69.5 Å². The topological polar surface area (TPSA) is 64.8 Å². The van der Waals surface area contributed by atoms with Gasteiger partial charge in [-0.15, -0.1) is 0 Å². The summed E-state index contributed by atoms with van der Waals surface area (Å²) in [5.41, 5.74) is 3.33. The Morgan fingerprint density at radius 3 is 2.50 bits per heavy atom. The second kappa shape index (κ2) is 9.25. The van der Waals surface area contributed by atoms with Gasteiger partial charge in [-0.2, -0.15) is 0 Å². The van der Waals surface area contributed by atoms with Crippen molar-refractivity contribution in [2.24, 2.45) is 0 Å². The van der Waals surface area contributed by atoms with Crippen LogP contribution < -0.4 is 9.47 Å². The lowest BCUT2D eigenvalue weighted by molar-refractivity contribution is 0.0673. The number of benzene rings is 2. The number of hydrogen-bond donors (Lipinski definition) is 0. The number of aryl methyl sites for hydroxylation is 2. The van der Waals surface area contributed by atoms with E-state index in [4.69, 9.17) is 25.6 Å². The normalized spacial score (nSPS) is 14.2. The summed E-state index contributed by atoms with van der Waals surface area (Å²) in [5.74, 6) is 1.78. The van der Waals surface area contributed by atoms with Gasteiger partial charge in [0.25, 0.3) is 5.91 Å². The Hall–Kier alpha value is -2.99. The van der Waals surface area contributed by atoms with Crippen molar-refractivity contribution in [3.05, 3.63) is 75.6 Å². The van der Waals surface area contributed by atoms with E-state index in [2.05, 4.69) is 12.1 Å². The van der Waals surface area contributed by atoms with E-state index in [9.17, 15) is 4.79 Å². The fraction of sp³-hybridized carbons (Fsp3) is 0.360. The molecule has 0 N–H and O–H groups in total. The first kappa shape index (κ1) is 22.2. The summed E-state index contributed by atoms with van der Waals surface area (Å²) >= 11 is 6.04. The summed E-state index contributed by atoms with van der Waals surface area (Å²) < 4.78 is 16.7. The molecule has 1 atom stereocenters. The van der Waals surface area contributed by atoms with Gasteiger partial charge in [0.1, 0.15) is 12.4 Å². The van der Waals surface area contributed by atoms with Gasteiger partial charge in [-0.1, -0.05) is 28.9 Å². The fourth-order valence-corrected chi connectivity index (χ4v) is 3.97. The van der Waals surface area contributed by atoms with Gasteiger partial charge < -0.3 is 18.9 Å². The zero-order valence-corrected chi connectivity index (χ0v) is 19.5. The molecular weight excluding hydrogens is 428 g/mol. The van der Waals surface area contributed by atoms with Crippen LogP contribution >= 0.6 is 11.6 Å². The maximum Gasteiger partial charge on any atom is 0.254 e. The number of methoxy groups -OCH3 is 1. The lowest BCUT2D eigenvalue weighted by Crippen LogP contribution is -2.35. The summed E-state index contributed by atoms with van der Waals surface area (Å²) in [6.07, 6.45) is 2.03. The molecule has 0 bridgehead atoms. The average molecular weight is 455 g/mol. The molecule has 168 valence electrons. The highest BCUT2D eigenvalue weighted by molar-refractivity contribution is 6.30. The number of ether oxygens (including phenoxy) is 2. The highest BCUT2D eigenvalue weighted by Crippen LogP contribution is 2.37. The molecule has 4 rings (SSSR count). The standard InChI is InChI=1S/C25H27ClN2O4/c1-15-22(17(3)32-27-15)14-31-23-12-7-19(13-24(23)30-4)25(29)28(21-10-11-21)16(2)18-5-8-20(26)9-6-18/h5-9,12-13,16,21H,10-11,14H2,1-4H3. The zero-order chi connectivity index (χ0) is 22.8. The maximum atomic E-state index is 13.5. The first-order valence-electron chi connectivity index (χ1n) is 10.7. The molecule has 1 unspecified atom stereocenters. The molecule has 1 heterocycles. The summed E-state index contributed by atoms with van der Waals surface area (Å²) in [6, 6.07) is 13.2. The third kappa shape index (κ3) is 4.60. The number of halogens is 1. The minimum absolute atomic E-state index is 0.0227. The van der Waals surface area contributed by atoms with Gasteiger partial charge in [0, 0.05) is 16.6 Å². The molecule has 0 saturated heterocycles. The van der Waals surface area contributed by atoms with Gasteiger partial charge in [0.2, 0.25) is 0 Å². The van der Waals surface area contributed by atoms with Crippen molar-refractivity contribution in [1.82, 2.24) is 10.1 Å². The molecule has 0 radical (unpaired) electrons. The molecule has 3 aromatic rings. The van der Waals surface area contributed by atoms with Crippen LogP contribution in [0, 0.1) is 13.8 Å². The van der Waals surface area contributed by atoms with E-state index in [1.54, 1.807) is 25.3 Å². The first-order valence-corrected chi connectivity index (χ1v) is 11.1. The van der Waals surface area contributed by atoms with Gasteiger partial charge >= 0.3 is 0 Å². The van der Waals surface area contributed by atoms with Gasteiger partial charge in [-0.3, -0.25) is 4.79 Å². The Bertz CT molecular complexity index is 1090. The van der Waals surface area contributed by atoms with Crippen LogP contribution in [0.2, 0.25) is 5.02 Å². The first-order chi connectivity index (χ1) is 15.4. The average Bonchev–Trinajstić information content (AvgIpc) is 3.57. The smallest absolute Gasteiger partial charge is 0.254 e. The summed E-state index contributed by atoms with van der Waals surface area (Å²) in [5, 5.41) is 4.64. The Labute approximate surface area is 193 Å². The molecule has 1 aromatic heterocycles. The monoisotopic (exact) mass is 454 g/mol. The molecule has 6 nitrogen and oxygen atoms in total. The van der Waals surface area contributed by atoms with Gasteiger partial charge in [-0.25, -0.2) is 0 Å². The second-order valence-electron chi connectivity index (χ2n) is 8.13. The van der Waals surface area contributed by atoms with E-state index >= 15 is 0 Å². The van der Waals surface area contributed by atoms with Crippen LogP contribution in [-0.2, 0) is 6.61 Å². The van der Waals surface area contributed by atoms with E-state index in [0.717, 1.165) is 35.4 Å². The van der Waals surface area contributed by atoms with Crippen LogP contribution in [0.25, 0.3) is 0 Å². The Balaban J connectivity index is 1.55. The molecule has 1 aliphatic carbocycles. The summed E-state index contributed by atoms with van der Waals surface area (Å²) in [7, 11) is 1.57. The van der Waals surface area contributed by atoms with Crippen molar-refractivity contribution in [2.45, 2.75) is 52.3 Å². The van der Waals surface area contributed by atoms with Crippen LogP contribution in [-0.4, -0.2) is 29.1 Å². The van der Waals surface area contributed by atoms with Crippen LogP contribution in [0.1, 0.15) is 58.7 Å².